The van der Waals surface area contributed by atoms with Crippen molar-refractivity contribution in [2.24, 2.45) is 0 Å². The number of hydrogen-bond acceptors (Lipinski definition) is 4. The Morgan fingerprint density at radius 3 is 2.50 bits per heavy atom. The van der Waals surface area contributed by atoms with Crippen LogP contribution < -0.4 is 10.6 Å². The molecule has 0 heterocycles. The van der Waals surface area contributed by atoms with Crippen molar-refractivity contribution in [1.82, 2.24) is 5.32 Å². The fraction of sp³-hybridized carbons (Fsp3) is 0.438. The van der Waals surface area contributed by atoms with Gasteiger partial charge in [-0.3, -0.25) is 9.59 Å². The van der Waals surface area contributed by atoms with E-state index in [1.807, 2.05) is 6.92 Å². The van der Waals surface area contributed by atoms with E-state index in [1.165, 1.54) is 14.0 Å². The summed E-state index contributed by atoms with van der Waals surface area (Å²) >= 11 is 0. The maximum absolute atomic E-state index is 12.4. The fourth-order valence-electron chi connectivity index (χ4n) is 2.21. The third-order valence-electron chi connectivity index (χ3n) is 3.22. The van der Waals surface area contributed by atoms with Crippen molar-refractivity contribution < 1.29 is 19.1 Å². The number of amides is 2. The van der Waals surface area contributed by atoms with Gasteiger partial charge in [0, 0.05) is 18.2 Å². The molecule has 0 spiro atoms. The van der Waals surface area contributed by atoms with Crippen LogP contribution in [0.4, 0.5) is 5.69 Å². The zero-order valence-electron chi connectivity index (χ0n) is 13.4. The van der Waals surface area contributed by atoms with Crippen LogP contribution in [-0.2, 0) is 14.3 Å². The van der Waals surface area contributed by atoms with Gasteiger partial charge in [-0.25, -0.2) is 4.79 Å². The lowest BCUT2D eigenvalue weighted by Crippen LogP contribution is -2.52. The molecule has 120 valence electrons. The molecule has 1 atom stereocenters. The van der Waals surface area contributed by atoms with Crippen LogP contribution in [0.1, 0.15) is 44.0 Å². The predicted octanol–water partition coefficient (Wildman–Crippen LogP) is 2.11. The van der Waals surface area contributed by atoms with Crippen molar-refractivity contribution >= 4 is 23.5 Å². The van der Waals surface area contributed by atoms with Crippen LogP contribution in [0, 0.1) is 0 Å². The van der Waals surface area contributed by atoms with Crippen LogP contribution in [0.3, 0.4) is 0 Å². The highest BCUT2D eigenvalue weighted by molar-refractivity contribution is 5.99. The number of carbonyl (C=O) groups is 3. The third-order valence-corrected chi connectivity index (χ3v) is 3.22. The van der Waals surface area contributed by atoms with Gasteiger partial charge in [-0.1, -0.05) is 19.4 Å². The minimum Gasteiger partial charge on any atom is -0.467 e. The first kappa shape index (κ1) is 17.7. The Labute approximate surface area is 130 Å². The average Bonchev–Trinajstić information content (AvgIpc) is 2.46. The Balaban J connectivity index is 2.95. The highest BCUT2D eigenvalue weighted by Crippen LogP contribution is 2.17. The van der Waals surface area contributed by atoms with E-state index in [0.717, 1.165) is 6.42 Å². The molecule has 0 bridgehead atoms. The van der Waals surface area contributed by atoms with Gasteiger partial charge in [0.2, 0.25) is 5.91 Å². The molecule has 22 heavy (non-hydrogen) atoms. The van der Waals surface area contributed by atoms with E-state index in [4.69, 9.17) is 4.74 Å². The number of benzene rings is 1. The van der Waals surface area contributed by atoms with Gasteiger partial charge in [0.15, 0.2) is 0 Å². The van der Waals surface area contributed by atoms with Crippen LogP contribution in [0.5, 0.6) is 0 Å². The molecule has 0 aliphatic carbocycles. The number of hydrogen-bond donors (Lipinski definition) is 2. The monoisotopic (exact) mass is 306 g/mol. The SMILES string of the molecule is CCCC(C)(NC(=O)c1cccc(NC(C)=O)c1)C(=O)OC. The van der Waals surface area contributed by atoms with E-state index in [2.05, 4.69) is 10.6 Å². The zero-order valence-corrected chi connectivity index (χ0v) is 13.4. The molecule has 2 amide bonds. The molecule has 1 rings (SSSR count). The topological polar surface area (TPSA) is 84.5 Å². The third kappa shape index (κ3) is 4.58. The summed E-state index contributed by atoms with van der Waals surface area (Å²) < 4.78 is 4.77. The predicted molar refractivity (Wildman–Crippen MR) is 83.5 cm³/mol. The maximum atomic E-state index is 12.4. The molecule has 1 aromatic rings. The van der Waals surface area contributed by atoms with Crippen LogP contribution in [0.2, 0.25) is 0 Å². The molecular weight excluding hydrogens is 284 g/mol. The first-order valence-corrected chi connectivity index (χ1v) is 7.11. The van der Waals surface area contributed by atoms with E-state index in [0.29, 0.717) is 17.7 Å². The van der Waals surface area contributed by atoms with Crippen LogP contribution >= 0.6 is 0 Å². The maximum Gasteiger partial charge on any atom is 0.331 e. The Kier molecular flexibility index (Phi) is 6.10. The summed E-state index contributed by atoms with van der Waals surface area (Å²) in [6.07, 6.45) is 1.19. The minimum absolute atomic E-state index is 0.219. The summed E-state index contributed by atoms with van der Waals surface area (Å²) in [6, 6.07) is 6.52. The van der Waals surface area contributed by atoms with E-state index in [-0.39, 0.29) is 5.91 Å². The molecule has 0 aromatic heterocycles. The second kappa shape index (κ2) is 7.59. The van der Waals surface area contributed by atoms with Crippen molar-refractivity contribution in [2.45, 2.75) is 39.2 Å². The van der Waals surface area contributed by atoms with Gasteiger partial charge >= 0.3 is 5.97 Å². The van der Waals surface area contributed by atoms with E-state index >= 15 is 0 Å². The molecule has 0 saturated heterocycles. The number of ether oxygens (including phenoxy) is 1. The number of carbonyl (C=O) groups excluding carboxylic acids is 3. The van der Waals surface area contributed by atoms with Gasteiger partial charge in [-0.15, -0.1) is 0 Å². The van der Waals surface area contributed by atoms with Crippen LogP contribution in [0.15, 0.2) is 24.3 Å². The molecule has 6 nitrogen and oxygen atoms in total. The molecule has 0 aliphatic heterocycles. The van der Waals surface area contributed by atoms with Gasteiger partial charge < -0.3 is 15.4 Å². The molecule has 0 saturated carbocycles. The first-order valence-electron chi connectivity index (χ1n) is 7.11. The van der Waals surface area contributed by atoms with Gasteiger partial charge in [-0.05, 0) is 31.5 Å². The molecular formula is C16H22N2O4. The molecule has 6 heteroatoms. The highest BCUT2D eigenvalue weighted by atomic mass is 16.5. The van der Waals surface area contributed by atoms with Gasteiger partial charge in [0.25, 0.3) is 5.91 Å². The van der Waals surface area contributed by atoms with E-state index in [1.54, 1.807) is 31.2 Å². The molecule has 2 N–H and O–H groups in total. The zero-order chi connectivity index (χ0) is 16.8. The fourth-order valence-corrected chi connectivity index (χ4v) is 2.21. The second-order valence-electron chi connectivity index (χ2n) is 5.29. The van der Waals surface area contributed by atoms with Gasteiger partial charge in [0.1, 0.15) is 5.54 Å². The number of nitrogens with one attached hydrogen (secondary N) is 2. The van der Waals surface area contributed by atoms with E-state index < -0.39 is 17.4 Å². The summed E-state index contributed by atoms with van der Waals surface area (Å²) in [5.41, 5.74) is -0.196. The molecule has 1 aromatic carbocycles. The Bertz CT molecular complexity index is 571. The second-order valence-corrected chi connectivity index (χ2v) is 5.29. The van der Waals surface area contributed by atoms with E-state index in [9.17, 15) is 14.4 Å². The van der Waals surface area contributed by atoms with Crippen molar-refractivity contribution in [3.05, 3.63) is 29.8 Å². The van der Waals surface area contributed by atoms with Crippen LogP contribution in [-0.4, -0.2) is 30.4 Å². The molecule has 0 fully saturated rings. The van der Waals surface area contributed by atoms with Crippen molar-refractivity contribution in [3.8, 4) is 0 Å². The lowest BCUT2D eigenvalue weighted by molar-refractivity contribution is -0.147. The Morgan fingerprint density at radius 2 is 1.95 bits per heavy atom. The summed E-state index contributed by atoms with van der Waals surface area (Å²) in [5, 5.41) is 5.33. The number of esters is 1. The minimum atomic E-state index is -1.08. The average molecular weight is 306 g/mol. The van der Waals surface area contributed by atoms with Gasteiger partial charge in [-0.2, -0.15) is 0 Å². The number of methoxy groups -OCH3 is 1. The highest BCUT2D eigenvalue weighted by Gasteiger charge is 2.35. The molecule has 1 unspecified atom stereocenters. The largest absolute Gasteiger partial charge is 0.467 e. The summed E-state index contributed by atoms with van der Waals surface area (Å²) in [5.74, 6) is -1.10. The summed E-state index contributed by atoms with van der Waals surface area (Å²) in [4.78, 5) is 35.3. The number of rotatable bonds is 6. The van der Waals surface area contributed by atoms with Crippen molar-refractivity contribution in [3.63, 3.8) is 0 Å². The smallest absolute Gasteiger partial charge is 0.331 e. The lowest BCUT2D eigenvalue weighted by atomic mass is 9.95. The standard InChI is InChI=1S/C16H22N2O4/c1-5-9-16(3,15(21)22-4)18-14(20)12-7-6-8-13(10-12)17-11(2)19/h6-8,10H,5,9H2,1-4H3,(H,17,19)(H,18,20). The van der Waals surface area contributed by atoms with Crippen molar-refractivity contribution in [2.75, 3.05) is 12.4 Å². The normalized spacial score (nSPS) is 12.9. The van der Waals surface area contributed by atoms with Gasteiger partial charge in [0.05, 0.1) is 7.11 Å². The molecule has 0 aliphatic rings. The quantitative estimate of drug-likeness (QED) is 0.788. The summed E-state index contributed by atoms with van der Waals surface area (Å²) in [7, 11) is 1.29. The van der Waals surface area contributed by atoms with Crippen LogP contribution in [0.25, 0.3) is 0 Å². The number of anilines is 1. The lowest BCUT2D eigenvalue weighted by Gasteiger charge is -2.27. The summed E-state index contributed by atoms with van der Waals surface area (Å²) in [6.45, 7) is 4.95. The Hall–Kier alpha value is -2.37. The Morgan fingerprint density at radius 1 is 1.27 bits per heavy atom. The first-order chi connectivity index (χ1) is 10.3. The van der Waals surface area contributed by atoms with Crippen molar-refractivity contribution in [1.29, 1.82) is 0 Å². The molecule has 0 radical (unpaired) electrons.